The van der Waals surface area contributed by atoms with E-state index in [0.29, 0.717) is 0 Å². The van der Waals surface area contributed by atoms with Crippen molar-refractivity contribution >= 4 is 24.8 Å². The summed E-state index contributed by atoms with van der Waals surface area (Å²) in [6, 6.07) is 19.3. The van der Waals surface area contributed by atoms with Crippen LogP contribution in [0.4, 0.5) is 0 Å². The molecule has 0 atom stereocenters. The van der Waals surface area contributed by atoms with Gasteiger partial charge >= 0.3 is 0 Å². The number of imidazole rings is 1. The van der Waals surface area contributed by atoms with Crippen LogP contribution in [0, 0.1) is 0 Å². The fraction of sp³-hybridized carbons (Fsp3) is 0.211. The molecular formula is C19H23Cl2N3. The molecule has 0 unspecified atom stereocenters. The van der Waals surface area contributed by atoms with Crippen LogP contribution < -0.4 is 5.32 Å². The second-order valence-electron chi connectivity index (χ2n) is 5.39. The molecule has 0 aliphatic heterocycles. The van der Waals surface area contributed by atoms with Crippen molar-refractivity contribution in [2.75, 3.05) is 6.54 Å². The van der Waals surface area contributed by atoms with E-state index in [1.54, 1.807) is 0 Å². The molecular weight excluding hydrogens is 341 g/mol. The molecule has 1 aromatic heterocycles. The second kappa shape index (κ2) is 10.9. The maximum Gasteiger partial charge on any atom is 0.0945 e. The van der Waals surface area contributed by atoms with Gasteiger partial charge in [0.1, 0.15) is 0 Å². The lowest BCUT2D eigenvalue weighted by molar-refractivity contribution is 0.581. The molecule has 0 amide bonds. The summed E-state index contributed by atoms with van der Waals surface area (Å²) in [6.45, 7) is 2.94. The Morgan fingerprint density at radius 2 is 1.58 bits per heavy atom. The first-order valence-corrected chi connectivity index (χ1v) is 7.73. The first-order valence-electron chi connectivity index (χ1n) is 7.73. The Kier molecular flexibility index (Phi) is 9.16. The van der Waals surface area contributed by atoms with Gasteiger partial charge in [-0.15, -0.1) is 24.8 Å². The Balaban J connectivity index is 0.00000144. The molecule has 0 saturated carbocycles. The summed E-state index contributed by atoms with van der Waals surface area (Å²) in [5, 5.41) is 3.49. The summed E-state index contributed by atoms with van der Waals surface area (Å²) >= 11 is 0. The number of aromatic nitrogens is 2. The van der Waals surface area contributed by atoms with E-state index < -0.39 is 0 Å². The third-order valence-corrected chi connectivity index (χ3v) is 3.72. The van der Waals surface area contributed by atoms with Crippen LogP contribution in [0.2, 0.25) is 0 Å². The minimum absolute atomic E-state index is 0. The average molecular weight is 364 g/mol. The number of aryl methyl sites for hydroxylation is 1. The molecule has 0 aliphatic carbocycles. The highest BCUT2D eigenvalue weighted by Crippen LogP contribution is 2.19. The normalized spacial score (nSPS) is 9.83. The smallest absolute Gasteiger partial charge is 0.0945 e. The van der Waals surface area contributed by atoms with E-state index in [1.165, 1.54) is 16.7 Å². The average Bonchev–Trinajstić information content (AvgIpc) is 3.09. The monoisotopic (exact) mass is 363 g/mol. The zero-order valence-corrected chi connectivity index (χ0v) is 15.1. The maximum absolute atomic E-state index is 4.04. The summed E-state index contributed by atoms with van der Waals surface area (Å²) < 4.78 is 2.11. The van der Waals surface area contributed by atoms with Gasteiger partial charge in [-0.2, -0.15) is 0 Å². The number of halogens is 2. The SMILES string of the molecule is Cl.Cl.c1ccc(-c2ccc(CNCCCn3ccnc3)cc2)cc1. The number of hydrogen-bond donors (Lipinski definition) is 1. The Morgan fingerprint density at radius 1 is 0.875 bits per heavy atom. The first kappa shape index (κ1) is 20.2. The summed E-state index contributed by atoms with van der Waals surface area (Å²) in [7, 11) is 0. The number of nitrogens with zero attached hydrogens (tertiary/aromatic N) is 2. The van der Waals surface area contributed by atoms with Gasteiger partial charge in [-0.3, -0.25) is 0 Å². The number of nitrogens with one attached hydrogen (secondary N) is 1. The van der Waals surface area contributed by atoms with Gasteiger partial charge in [-0.1, -0.05) is 54.6 Å². The molecule has 5 heteroatoms. The number of hydrogen-bond acceptors (Lipinski definition) is 2. The summed E-state index contributed by atoms with van der Waals surface area (Å²) in [4.78, 5) is 4.04. The molecule has 2 aromatic carbocycles. The molecule has 3 rings (SSSR count). The first-order chi connectivity index (χ1) is 10.9. The molecule has 0 radical (unpaired) electrons. The second-order valence-corrected chi connectivity index (χ2v) is 5.39. The minimum atomic E-state index is 0. The Morgan fingerprint density at radius 3 is 2.25 bits per heavy atom. The Bertz CT molecular complexity index is 668. The van der Waals surface area contributed by atoms with Crippen molar-refractivity contribution in [3.8, 4) is 11.1 Å². The van der Waals surface area contributed by atoms with E-state index in [0.717, 1.165) is 26.1 Å². The highest BCUT2D eigenvalue weighted by molar-refractivity contribution is 5.85. The van der Waals surface area contributed by atoms with Crippen LogP contribution in [0.15, 0.2) is 73.3 Å². The molecule has 3 aromatic rings. The van der Waals surface area contributed by atoms with Crippen molar-refractivity contribution < 1.29 is 0 Å². The molecule has 0 spiro atoms. The van der Waals surface area contributed by atoms with Crippen molar-refractivity contribution in [3.05, 3.63) is 78.9 Å². The Hall–Kier alpha value is -1.81. The van der Waals surface area contributed by atoms with Crippen LogP contribution in [0.5, 0.6) is 0 Å². The topological polar surface area (TPSA) is 29.9 Å². The van der Waals surface area contributed by atoms with E-state index >= 15 is 0 Å². The lowest BCUT2D eigenvalue weighted by atomic mass is 10.0. The van der Waals surface area contributed by atoms with Gasteiger partial charge < -0.3 is 9.88 Å². The molecule has 0 bridgehead atoms. The highest BCUT2D eigenvalue weighted by atomic mass is 35.5. The zero-order chi connectivity index (χ0) is 15.0. The van der Waals surface area contributed by atoms with Crippen LogP contribution in [0.1, 0.15) is 12.0 Å². The van der Waals surface area contributed by atoms with Gasteiger partial charge in [0.15, 0.2) is 0 Å². The van der Waals surface area contributed by atoms with Crippen molar-refractivity contribution in [1.82, 2.24) is 14.9 Å². The lowest BCUT2D eigenvalue weighted by Gasteiger charge is -2.07. The van der Waals surface area contributed by atoms with E-state index in [9.17, 15) is 0 Å². The van der Waals surface area contributed by atoms with Crippen molar-refractivity contribution in [1.29, 1.82) is 0 Å². The number of benzene rings is 2. The highest BCUT2D eigenvalue weighted by Gasteiger charge is 1.97. The van der Waals surface area contributed by atoms with E-state index in [2.05, 4.69) is 63.4 Å². The molecule has 3 nitrogen and oxygen atoms in total. The summed E-state index contributed by atoms with van der Waals surface area (Å²) in [5.74, 6) is 0. The molecule has 128 valence electrons. The summed E-state index contributed by atoms with van der Waals surface area (Å²) in [6.07, 6.45) is 6.80. The van der Waals surface area contributed by atoms with Crippen LogP contribution in [-0.4, -0.2) is 16.1 Å². The van der Waals surface area contributed by atoms with Gasteiger partial charge in [0.25, 0.3) is 0 Å². The molecule has 0 aliphatic rings. The van der Waals surface area contributed by atoms with Gasteiger partial charge in [-0.05, 0) is 29.7 Å². The zero-order valence-electron chi connectivity index (χ0n) is 13.5. The van der Waals surface area contributed by atoms with E-state index in [4.69, 9.17) is 0 Å². The van der Waals surface area contributed by atoms with Crippen LogP contribution >= 0.6 is 24.8 Å². The standard InChI is InChI=1S/C19H21N3.2ClH/c1-2-5-18(6-3-1)19-9-7-17(8-10-19)15-20-11-4-13-22-14-12-21-16-22;;/h1-3,5-10,12,14,16,20H,4,11,13,15H2;2*1H. The third kappa shape index (κ3) is 6.00. The fourth-order valence-corrected chi connectivity index (χ4v) is 2.48. The Labute approximate surface area is 156 Å². The molecule has 0 saturated heterocycles. The fourth-order valence-electron chi connectivity index (χ4n) is 2.48. The molecule has 1 heterocycles. The predicted octanol–water partition coefficient (Wildman–Crippen LogP) is 4.57. The predicted molar refractivity (Wildman–Crippen MR) is 105 cm³/mol. The van der Waals surface area contributed by atoms with Crippen molar-refractivity contribution in [2.45, 2.75) is 19.5 Å². The molecule has 1 N–H and O–H groups in total. The van der Waals surface area contributed by atoms with Gasteiger partial charge in [-0.25, -0.2) is 4.98 Å². The quantitative estimate of drug-likeness (QED) is 0.622. The third-order valence-electron chi connectivity index (χ3n) is 3.72. The largest absolute Gasteiger partial charge is 0.337 e. The lowest BCUT2D eigenvalue weighted by Crippen LogP contribution is -2.16. The maximum atomic E-state index is 4.04. The van der Waals surface area contributed by atoms with E-state index in [1.807, 2.05) is 24.8 Å². The van der Waals surface area contributed by atoms with Crippen molar-refractivity contribution in [3.63, 3.8) is 0 Å². The summed E-state index contributed by atoms with van der Waals surface area (Å²) in [5.41, 5.74) is 3.86. The van der Waals surface area contributed by atoms with E-state index in [-0.39, 0.29) is 24.8 Å². The molecule has 0 fully saturated rings. The van der Waals surface area contributed by atoms with Gasteiger partial charge in [0.05, 0.1) is 6.33 Å². The van der Waals surface area contributed by atoms with Gasteiger partial charge in [0, 0.05) is 25.5 Å². The minimum Gasteiger partial charge on any atom is -0.337 e. The van der Waals surface area contributed by atoms with Crippen LogP contribution in [0.3, 0.4) is 0 Å². The molecule has 24 heavy (non-hydrogen) atoms. The van der Waals surface area contributed by atoms with Crippen LogP contribution in [0.25, 0.3) is 11.1 Å². The van der Waals surface area contributed by atoms with Crippen molar-refractivity contribution in [2.24, 2.45) is 0 Å². The number of rotatable bonds is 7. The van der Waals surface area contributed by atoms with Crippen LogP contribution in [-0.2, 0) is 13.1 Å². The van der Waals surface area contributed by atoms with Gasteiger partial charge in [0.2, 0.25) is 0 Å².